The number of methoxy groups -OCH3 is 1. The van der Waals surface area contributed by atoms with Gasteiger partial charge in [0.25, 0.3) is 0 Å². The molecule has 0 bridgehead atoms. The maximum absolute atomic E-state index is 13.2. The predicted octanol–water partition coefficient (Wildman–Crippen LogP) is 3.12. The lowest BCUT2D eigenvalue weighted by Crippen LogP contribution is -2.09. The first kappa shape index (κ1) is 15.4. The van der Waals surface area contributed by atoms with Gasteiger partial charge in [0.15, 0.2) is 11.6 Å². The van der Waals surface area contributed by atoms with E-state index < -0.39 is 11.6 Å². The third-order valence-corrected chi connectivity index (χ3v) is 3.08. The van der Waals surface area contributed by atoms with Gasteiger partial charge in [-0.1, -0.05) is 6.07 Å². The SMILES string of the molecule is COCCCn1cc(C)nc1NCc1ccc(F)c(F)c1. The Bertz CT molecular complexity index is 599. The van der Waals surface area contributed by atoms with Crippen molar-refractivity contribution in [2.24, 2.45) is 0 Å². The number of hydrogen-bond acceptors (Lipinski definition) is 3. The minimum Gasteiger partial charge on any atom is -0.385 e. The summed E-state index contributed by atoms with van der Waals surface area (Å²) >= 11 is 0. The van der Waals surface area contributed by atoms with Crippen LogP contribution in [-0.2, 0) is 17.8 Å². The molecule has 1 heterocycles. The number of halogens is 2. The van der Waals surface area contributed by atoms with Crippen LogP contribution in [0.3, 0.4) is 0 Å². The van der Waals surface area contributed by atoms with Crippen molar-refractivity contribution >= 4 is 5.95 Å². The number of ether oxygens (including phenoxy) is 1. The topological polar surface area (TPSA) is 39.1 Å². The maximum Gasteiger partial charge on any atom is 0.203 e. The molecular formula is C15H19F2N3O. The zero-order chi connectivity index (χ0) is 15.2. The van der Waals surface area contributed by atoms with Crippen molar-refractivity contribution in [1.82, 2.24) is 9.55 Å². The molecule has 114 valence electrons. The van der Waals surface area contributed by atoms with Crippen molar-refractivity contribution in [3.8, 4) is 0 Å². The highest BCUT2D eigenvalue weighted by molar-refractivity contribution is 5.31. The maximum atomic E-state index is 13.2. The third kappa shape index (κ3) is 4.26. The molecule has 4 nitrogen and oxygen atoms in total. The second kappa shape index (κ2) is 7.17. The van der Waals surface area contributed by atoms with E-state index in [9.17, 15) is 8.78 Å². The van der Waals surface area contributed by atoms with E-state index >= 15 is 0 Å². The molecule has 21 heavy (non-hydrogen) atoms. The molecule has 2 aromatic rings. The van der Waals surface area contributed by atoms with E-state index in [1.165, 1.54) is 6.07 Å². The molecule has 1 aromatic heterocycles. The highest BCUT2D eigenvalue weighted by Gasteiger charge is 2.07. The van der Waals surface area contributed by atoms with Crippen LogP contribution in [0.5, 0.6) is 0 Å². The van der Waals surface area contributed by atoms with E-state index in [-0.39, 0.29) is 0 Å². The molecular weight excluding hydrogens is 276 g/mol. The van der Waals surface area contributed by atoms with E-state index in [1.54, 1.807) is 13.2 Å². The molecule has 2 rings (SSSR count). The molecule has 0 spiro atoms. The van der Waals surface area contributed by atoms with Gasteiger partial charge in [0.05, 0.1) is 5.69 Å². The van der Waals surface area contributed by atoms with Gasteiger partial charge in [0.2, 0.25) is 5.95 Å². The van der Waals surface area contributed by atoms with Gasteiger partial charge in [0.1, 0.15) is 0 Å². The number of anilines is 1. The fraction of sp³-hybridized carbons (Fsp3) is 0.400. The Morgan fingerprint density at radius 2 is 2.10 bits per heavy atom. The Labute approximate surface area is 122 Å². The average Bonchev–Trinajstić information content (AvgIpc) is 2.81. The van der Waals surface area contributed by atoms with Crippen molar-refractivity contribution in [2.45, 2.75) is 26.4 Å². The van der Waals surface area contributed by atoms with Crippen LogP contribution in [0.4, 0.5) is 14.7 Å². The quantitative estimate of drug-likeness (QED) is 0.798. The first-order valence-electron chi connectivity index (χ1n) is 6.80. The van der Waals surface area contributed by atoms with Gasteiger partial charge in [-0.25, -0.2) is 13.8 Å². The van der Waals surface area contributed by atoms with E-state index in [0.717, 1.165) is 24.7 Å². The fourth-order valence-electron chi connectivity index (χ4n) is 2.07. The Morgan fingerprint density at radius 1 is 1.29 bits per heavy atom. The van der Waals surface area contributed by atoms with Crippen LogP contribution in [-0.4, -0.2) is 23.3 Å². The number of benzene rings is 1. The van der Waals surface area contributed by atoms with E-state index in [4.69, 9.17) is 4.74 Å². The zero-order valence-corrected chi connectivity index (χ0v) is 12.2. The summed E-state index contributed by atoms with van der Waals surface area (Å²) in [7, 11) is 1.67. The summed E-state index contributed by atoms with van der Waals surface area (Å²) in [4.78, 5) is 4.39. The lowest BCUT2D eigenvalue weighted by atomic mass is 10.2. The monoisotopic (exact) mass is 295 g/mol. The number of nitrogens with zero attached hydrogens (tertiary/aromatic N) is 2. The Hall–Kier alpha value is -1.95. The second-order valence-electron chi connectivity index (χ2n) is 4.85. The van der Waals surface area contributed by atoms with Gasteiger partial charge in [-0.15, -0.1) is 0 Å². The summed E-state index contributed by atoms with van der Waals surface area (Å²) in [5, 5.41) is 3.15. The lowest BCUT2D eigenvalue weighted by molar-refractivity contribution is 0.190. The van der Waals surface area contributed by atoms with Crippen molar-refractivity contribution in [1.29, 1.82) is 0 Å². The van der Waals surface area contributed by atoms with Crippen LogP contribution in [0.1, 0.15) is 17.7 Å². The summed E-state index contributed by atoms with van der Waals surface area (Å²) < 4.78 is 33.1. The van der Waals surface area contributed by atoms with Gasteiger partial charge in [0, 0.05) is 33.0 Å². The molecule has 0 amide bonds. The second-order valence-corrected chi connectivity index (χ2v) is 4.85. The first-order valence-corrected chi connectivity index (χ1v) is 6.80. The molecule has 1 N–H and O–H groups in total. The minimum atomic E-state index is -0.839. The van der Waals surface area contributed by atoms with Crippen molar-refractivity contribution in [3.05, 3.63) is 47.3 Å². The van der Waals surface area contributed by atoms with Crippen LogP contribution >= 0.6 is 0 Å². The zero-order valence-electron chi connectivity index (χ0n) is 12.2. The molecule has 0 aliphatic carbocycles. The normalized spacial score (nSPS) is 10.9. The molecule has 0 atom stereocenters. The Morgan fingerprint density at radius 3 is 2.81 bits per heavy atom. The molecule has 0 aliphatic rings. The van der Waals surface area contributed by atoms with E-state index in [1.807, 2.05) is 17.7 Å². The average molecular weight is 295 g/mol. The molecule has 0 aliphatic heterocycles. The van der Waals surface area contributed by atoms with Gasteiger partial charge in [-0.05, 0) is 31.0 Å². The molecule has 0 saturated carbocycles. The third-order valence-electron chi connectivity index (χ3n) is 3.08. The van der Waals surface area contributed by atoms with E-state index in [2.05, 4.69) is 10.3 Å². The molecule has 0 unspecified atom stereocenters. The molecule has 0 radical (unpaired) electrons. The van der Waals surface area contributed by atoms with Crippen LogP contribution in [0.15, 0.2) is 24.4 Å². The molecule has 6 heteroatoms. The lowest BCUT2D eigenvalue weighted by Gasteiger charge is -2.10. The largest absolute Gasteiger partial charge is 0.385 e. The van der Waals surface area contributed by atoms with Crippen LogP contribution < -0.4 is 5.32 Å². The van der Waals surface area contributed by atoms with Gasteiger partial charge in [-0.3, -0.25) is 0 Å². The summed E-state index contributed by atoms with van der Waals surface area (Å²) in [6.45, 7) is 3.77. The van der Waals surface area contributed by atoms with Gasteiger partial charge in [-0.2, -0.15) is 0 Å². The highest BCUT2D eigenvalue weighted by Crippen LogP contribution is 2.13. The first-order chi connectivity index (χ1) is 10.1. The molecule has 1 aromatic carbocycles. The summed E-state index contributed by atoms with van der Waals surface area (Å²) in [5.41, 5.74) is 1.57. The summed E-state index contributed by atoms with van der Waals surface area (Å²) in [6.07, 6.45) is 2.83. The number of nitrogens with one attached hydrogen (secondary N) is 1. The number of aryl methyl sites for hydroxylation is 2. The molecule has 0 fully saturated rings. The van der Waals surface area contributed by atoms with Crippen molar-refractivity contribution < 1.29 is 13.5 Å². The van der Waals surface area contributed by atoms with Gasteiger partial charge < -0.3 is 14.6 Å². The van der Waals surface area contributed by atoms with Crippen molar-refractivity contribution in [3.63, 3.8) is 0 Å². The van der Waals surface area contributed by atoms with Crippen LogP contribution in [0.25, 0.3) is 0 Å². The fourth-order valence-corrected chi connectivity index (χ4v) is 2.07. The van der Waals surface area contributed by atoms with Gasteiger partial charge >= 0.3 is 0 Å². The Balaban J connectivity index is 2.00. The van der Waals surface area contributed by atoms with Crippen molar-refractivity contribution in [2.75, 3.05) is 19.0 Å². The van der Waals surface area contributed by atoms with Crippen LogP contribution in [0, 0.1) is 18.6 Å². The number of hydrogen-bond donors (Lipinski definition) is 1. The summed E-state index contributed by atoms with van der Waals surface area (Å²) in [5.74, 6) is -0.960. The van der Waals surface area contributed by atoms with Crippen LogP contribution in [0.2, 0.25) is 0 Å². The number of imidazole rings is 1. The number of aromatic nitrogens is 2. The summed E-state index contributed by atoms with van der Waals surface area (Å²) in [6, 6.07) is 3.87. The smallest absolute Gasteiger partial charge is 0.203 e. The standard InChI is InChI=1S/C15H19F2N3O/c1-11-10-20(6-3-7-21-2)15(19-11)18-9-12-4-5-13(16)14(17)8-12/h4-5,8,10H,3,6-7,9H2,1-2H3,(H,18,19). The highest BCUT2D eigenvalue weighted by atomic mass is 19.2. The predicted molar refractivity (Wildman–Crippen MR) is 77.1 cm³/mol. The minimum absolute atomic E-state index is 0.387. The Kier molecular flexibility index (Phi) is 5.27. The molecule has 0 saturated heterocycles. The van der Waals surface area contributed by atoms with E-state index in [0.29, 0.717) is 24.7 Å². The number of rotatable bonds is 7.